The van der Waals surface area contributed by atoms with E-state index < -0.39 is 8.96 Å². The Hall–Kier alpha value is -3.17. The van der Waals surface area contributed by atoms with Crippen LogP contribution in [0.1, 0.15) is 0 Å². The zero-order valence-corrected chi connectivity index (χ0v) is 15.1. The number of rotatable bonds is 0. The van der Waals surface area contributed by atoms with Crippen LogP contribution in [0.15, 0.2) is 91.1 Å². The maximum Gasteiger partial charge on any atom is 0.248 e. The molecule has 2 aliphatic heterocycles. The van der Waals surface area contributed by atoms with Crippen LogP contribution < -0.4 is 14.9 Å². The summed E-state index contributed by atoms with van der Waals surface area (Å²) in [6.45, 7) is 0. The number of para-hydroxylation sites is 1. The van der Waals surface area contributed by atoms with E-state index in [0.717, 1.165) is 5.69 Å². The Morgan fingerprint density at radius 2 is 1.19 bits per heavy atom. The molecule has 0 N–H and O–H groups in total. The molecule has 4 aromatic rings. The first-order valence-electron chi connectivity index (χ1n) is 8.84. The fourth-order valence-electron chi connectivity index (χ4n) is 4.26. The Kier molecular flexibility index (Phi) is 2.79. The molecule has 0 spiro atoms. The van der Waals surface area contributed by atoms with Gasteiger partial charge in [0.15, 0.2) is 0 Å². The molecule has 26 heavy (non-hydrogen) atoms. The number of nitrogens with zero attached hydrogens (tertiary/aromatic N) is 2. The van der Waals surface area contributed by atoms with Gasteiger partial charge in [-0.2, -0.15) is 0 Å². The number of fused-ring (bicyclic) bond motifs is 11. The molecule has 0 bridgehead atoms. The lowest BCUT2D eigenvalue weighted by Gasteiger charge is -2.43. The lowest BCUT2D eigenvalue weighted by Crippen LogP contribution is -2.59. The summed E-state index contributed by atoms with van der Waals surface area (Å²) in [5.41, 5.74) is 7.57. The molecule has 2 nitrogen and oxygen atoms in total. The summed E-state index contributed by atoms with van der Waals surface area (Å²) in [7, 11) is -1.13. The van der Waals surface area contributed by atoms with Crippen molar-refractivity contribution < 1.29 is 0 Å². The quantitative estimate of drug-likeness (QED) is 0.447. The molecule has 0 saturated carbocycles. The predicted octanol–water partition coefficient (Wildman–Crippen LogP) is 3.99. The van der Waals surface area contributed by atoms with Gasteiger partial charge in [-0.15, -0.1) is 0 Å². The molecule has 3 aromatic carbocycles. The van der Waals surface area contributed by atoms with Gasteiger partial charge >= 0.3 is 0 Å². The summed E-state index contributed by atoms with van der Waals surface area (Å²) in [6, 6.07) is 30.7. The highest BCUT2D eigenvalue weighted by molar-refractivity contribution is 6.92. The highest BCUT2D eigenvalue weighted by atomic mass is 28.3. The maximum absolute atomic E-state index is 4.76. The summed E-state index contributed by atoms with van der Waals surface area (Å²) >= 11 is 0. The number of aromatic nitrogens is 1. The Morgan fingerprint density at radius 3 is 2.04 bits per heavy atom. The van der Waals surface area contributed by atoms with Crippen LogP contribution in [0.5, 0.6) is 0 Å². The third-order valence-electron chi connectivity index (χ3n) is 5.31. The van der Waals surface area contributed by atoms with Crippen molar-refractivity contribution in [2.45, 2.75) is 0 Å². The van der Waals surface area contributed by atoms with Crippen molar-refractivity contribution in [2.24, 2.45) is 0 Å². The average molecular weight is 347 g/mol. The van der Waals surface area contributed by atoms with E-state index in [2.05, 4.69) is 89.5 Å². The summed E-state index contributed by atoms with van der Waals surface area (Å²) in [5.74, 6) is 0. The van der Waals surface area contributed by atoms with Crippen molar-refractivity contribution in [1.82, 2.24) is 4.98 Å². The third-order valence-corrected chi connectivity index (χ3v) is 8.13. The van der Waals surface area contributed by atoms with Crippen LogP contribution >= 0.6 is 0 Å². The number of pyridine rings is 1. The van der Waals surface area contributed by atoms with Crippen LogP contribution in [-0.4, -0.2) is 13.9 Å². The molecular formula is C23H15N2Si. The van der Waals surface area contributed by atoms with Crippen molar-refractivity contribution in [3.8, 4) is 22.4 Å². The molecule has 2 aliphatic rings. The molecule has 1 radical (unpaired) electrons. The van der Waals surface area contributed by atoms with E-state index in [-0.39, 0.29) is 0 Å². The first-order chi connectivity index (χ1) is 12.9. The maximum atomic E-state index is 4.76. The van der Waals surface area contributed by atoms with E-state index >= 15 is 0 Å². The summed E-state index contributed by atoms with van der Waals surface area (Å²) in [4.78, 5) is 4.76. The molecule has 0 aliphatic carbocycles. The second-order valence-corrected chi connectivity index (χ2v) is 8.89. The summed E-state index contributed by atoms with van der Waals surface area (Å²) in [6.07, 6.45) is 1.90. The van der Waals surface area contributed by atoms with Gasteiger partial charge in [0.1, 0.15) is 0 Å². The van der Waals surface area contributed by atoms with E-state index in [4.69, 9.17) is 4.98 Å². The van der Waals surface area contributed by atoms with Crippen LogP contribution in [0.25, 0.3) is 22.4 Å². The Morgan fingerprint density at radius 1 is 0.577 bits per heavy atom. The van der Waals surface area contributed by atoms with Gasteiger partial charge < -0.3 is 4.57 Å². The van der Waals surface area contributed by atoms with E-state index in [1.165, 1.54) is 38.4 Å². The summed E-state index contributed by atoms with van der Waals surface area (Å²) in [5, 5.41) is 2.88. The van der Waals surface area contributed by atoms with Gasteiger partial charge in [0.2, 0.25) is 8.96 Å². The van der Waals surface area contributed by atoms with Crippen molar-refractivity contribution in [1.29, 1.82) is 0 Å². The van der Waals surface area contributed by atoms with E-state index in [1.54, 1.807) is 0 Å². The Bertz CT molecular complexity index is 984. The minimum Gasteiger partial charge on any atom is -0.358 e. The molecule has 6 rings (SSSR count). The molecular weight excluding hydrogens is 332 g/mol. The standard InChI is InChI=1S/C23H15N2Si/c1-4-11-19-16(8-1)17-9-2-5-13-21(17)26-22-14-6-3-10-18(22)23-20(25(19)26)12-7-15-24-23/h1-15H. The largest absolute Gasteiger partial charge is 0.358 e. The van der Waals surface area contributed by atoms with E-state index in [0.29, 0.717) is 0 Å². The molecule has 121 valence electrons. The normalized spacial score (nSPS) is 13.9. The zero-order valence-electron chi connectivity index (χ0n) is 14.1. The van der Waals surface area contributed by atoms with Crippen LogP contribution in [0.4, 0.5) is 11.4 Å². The SMILES string of the molecule is c1ccc2c(c1)-c1ccccc1[Si]1c3ccccc3-c3ncccc3N21. The van der Waals surface area contributed by atoms with Crippen molar-refractivity contribution in [3.63, 3.8) is 0 Å². The number of anilines is 2. The first kappa shape index (κ1) is 14.0. The molecule has 0 unspecified atom stereocenters. The molecule has 0 atom stereocenters. The first-order valence-corrected chi connectivity index (χ1v) is 10.3. The highest BCUT2D eigenvalue weighted by Crippen LogP contribution is 2.44. The van der Waals surface area contributed by atoms with Gasteiger partial charge in [-0.1, -0.05) is 66.7 Å². The third kappa shape index (κ3) is 1.73. The number of hydrogen-bond donors (Lipinski definition) is 0. The smallest absolute Gasteiger partial charge is 0.248 e. The van der Waals surface area contributed by atoms with Gasteiger partial charge in [-0.25, -0.2) is 0 Å². The fraction of sp³-hybridized carbons (Fsp3) is 0. The summed E-state index contributed by atoms with van der Waals surface area (Å²) < 4.78 is 2.56. The van der Waals surface area contributed by atoms with E-state index in [9.17, 15) is 0 Å². The van der Waals surface area contributed by atoms with Crippen LogP contribution in [-0.2, 0) is 0 Å². The zero-order chi connectivity index (χ0) is 17.1. The van der Waals surface area contributed by atoms with Crippen molar-refractivity contribution in [3.05, 3.63) is 91.1 Å². The van der Waals surface area contributed by atoms with Gasteiger partial charge in [0.25, 0.3) is 0 Å². The second-order valence-electron chi connectivity index (χ2n) is 6.66. The van der Waals surface area contributed by atoms with E-state index in [1.807, 2.05) is 6.20 Å². The molecule has 0 fully saturated rings. The average Bonchev–Trinajstić information content (AvgIpc) is 2.73. The highest BCUT2D eigenvalue weighted by Gasteiger charge is 2.40. The second kappa shape index (κ2) is 5.16. The molecule has 3 heteroatoms. The topological polar surface area (TPSA) is 16.1 Å². The van der Waals surface area contributed by atoms with Crippen LogP contribution in [0.3, 0.4) is 0 Å². The van der Waals surface area contributed by atoms with Crippen LogP contribution in [0, 0.1) is 0 Å². The molecule has 0 saturated heterocycles. The Labute approximate surface area is 154 Å². The fourth-order valence-corrected chi connectivity index (χ4v) is 7.33. The lowest BCUT2D eigenvalue weighted by molar-refractivity contribution is 1.26. The van der Waals surface area contributed by atoms with Crippen LogP contribution in [0.2, 0.25) is 0 Å². The Balaban J connectivity index is 1.77. The molecule has 3 heterocycles. The van der Waals surface area contributed by atoms with Gasteiger partial charge in [-0.3, -0.25) is 4.98 Å². The predicted molar refractivity (Wildman–Crippen MR) is 109 cm³/mol. The number of hydrogen-bond acceptors (Lipinski definition) is 2. The van der Waals surface area contributed by atoms with Crippen molar-refractivity contribution >= 4 is 30.7 Å². The van der Waals surface area contributed by atoms with Gasteiger partial charge in [-0.05, 0) is 34.1 Å². The van der Waals surface area contributed by atoms with Gasteiger partial charge in [0.05, 0.1) is 11.4 Å². The monoisotopic (exact) mass is 347 g/mol. The molecule has 0 amide bonds. The molecule has 1 aromatic heterocycles. The lowest BCUT2D eigenvalue weighted by atomic mass is 10.0. The van der Waals surface area contributed by atoms with Gasteiger partial charge in [0, 0.05) is 23.0 Å². The van der Waals surface area contributed by atoms with Crippen molar-refractivity contribution in [2.75, 3.05) is 4.57 Å². The minimum absolute atomic E-state index is 1.09. The number of benzene rings is 3. The minimum atomic E-state index is -1.13.